The Balaban J connectivity index is 1.13. The molecule has 0 bridgehead atoms. The minimum Gasteiger partial charge on any atom is -0.456 e. The summed E-state index contributed by atoms with van der Waals surface area (Å²) < 4.78 is 13.6. The average molecular weight is 721 g/mol. The first-order chi connectivity index (χ1) is 25.1. The van der Waals surface area contributed by atoms with E-state index in [-0.39, 0.29) is 0 Å². The van der Waals surface area contributed by atoms with Gasteiger partial charge in [-0.2, -0.15) is 0 Å². The van der Waals surface area contributed by atoms with E-state index in [1.165, 1.54) is 0 Å². The van der Waals surface area contributed by atoms with Crippen molar-refractivity contribution in [2.45, 2.75) is 0 Å². The maximum atomic E-state index is 6.43. The topological polar surface area (TPSA) is 65.0 Å². The Bertz CT molecular complexity index is 2940. The molecular formula is C45H26BrN3O2. The number of halogens is 1. The smallest absolute Gasteiger partial charge is 0.167 e. The van der Waals surface area contributed by atoms with Gasteiger partial charge in [-0.25, -0.2) is 15.0 Å². The van der Waals surface area contributed by atoms with E-state index in [4.69, 9.17) is 23.8 Å². The molecule has 10 aromatic rings. The van der Waals surface area contributed by atoms with Crippen molar-refractivity contribution in [1.82, 2.24) is 15.0 Å². The van der Waals surface area contributed by atoms with Gasteiger partial charge in [0.05, 0.1) is 5.56 Å². The first-order valence-electron chi connectivity index (χ1n) is 16.7. The molecule has 10 rings (SSSR count). The molecular weight excluding hydrogens is 694 g/mol. The zero-order valence-corrected chi connectivity index (χ0v) is 28.6. The summed E-state index contributed by atoms with van der Waals surface area (Å²) >= 11 is 3.59. The second-order valence-electron chi connectivity index (χ2n) is 12.6. The average Bonchev–Trinajstić information content (AvgIpc) is 3.76. The van der Waals surface area contributed by atoms with E-state index in [1.54, 1.807) is 0 Å². The van der Waals surface area contributed by atoms with Gasteiger partial charge in [0.15, 0.2) is 17.5 Å². The SMILES string of the molecule is Brc1cccc(-c2ccc(-c3cccc(-c4nc(-c5ccc6oc7ccccc7c6c5)nc(-c5cccc6c5oc5ccccc56)n4)c3)cc2)c1. The minimum absolute atomic E-state index is 0.542. The quantitative estimate of drug-likeness (QED) is 0.177. The van der Waals surface area contributed by atoms with Crippen molar-refractivity contribution in [1.29, 1.82) is 0 Å². The van der Waals surface area contributed by atoms with Gasteiger partial charge in [0.25, 0.3) is 0 Å². The first-order valence-corrected chi connectivity index (χ1v) is 17.5. The summed E-state index contributed by atoms with van der Waals surface area (Å²) in [5.74, 6) is 1.69. The molecule has 6 heteroatoms. The highest BCUT2D eigenvalue weighted by atomic mass is 79.9. The zero-order chi connectivity index (χ0) is 33.9. The fourth-order valence-corrected chi connectivity index (χ4v) is 7.30. The zero-order valence-electron chi connectivity index (χ0n) is 27.0. The van der Waals surface area contributed by atoms with Gasteiger partial charge in [-0.05, 0) is 76.9 Å². The van der Waals surface area contributed by atoms with Crippen LogP contribution in [-0.2, 0) is 0 Å². The number of rotatable bonds is 5. The van der Waals surface area contributed by atoms with Crippen molar-refractivity contribution >= 4 is 59.8 Å². The maximum absolute atomic E-state index is 6.43. The summed E-state index contributed by atoms with van der Waals surface area (Å²) in [5.41, 5.74) is 10.3. The van der Waals surface area contributed by atoms with Gasteiger partial charge < -0.3 is 8.83 Å². The lowest BCUT2D eigenvalue weighted by molar-refractivity contribution is 0.669. The van der Waals surface area contributed by atoms with Crippen LogP contribution in [0.4, 0.5) is 0 Å². The molecule has 0 aliphatic carbocycles. The molecule has 240 valence electrons. The third-order valence-corrected chi connectivity index (χ3v) is 9.91. The Morgan fingerprint density at radius 1 is 0.353 bits per heavy atom. The molecule has 0 aliphatic rings. The fourth-order valence-electron chi connectivity index (χ4n) is 6.90. The summed E-state index contributed by atoms with van der Waals surface area (Å²) in [5, 5.41) is 4.14. The maximum Gasteiger partial charge on any atom is 0.167 e. The standard InChI is InChI=1S/C45H26BrN3O2/c46-33-11-6-9-30(25-33)28-20-18-27(19-21-28)29-8-5-10-31(24-29)43-47-44(32-22-23-41-38(26-32)35-13-2-3-16-39(35)50-41)49-45(48-43)37-15-7-14-36-34-12-1-4-17-40(34)51-42(36)37/h1-26H. The third-order valence-electron chi connectivity index (χ3n) is 9.41. The van der Waals surface area contributed by atoms with Crippen molar-refractivity contribution in [3.63, 3.8) is 0 Å². The molecule has 0 spiro atoms. The number of fused-ring (bicyclic) bond motifs is 6. The van der Waals surface area contributed by atoms with E-state index in [2.05, 4.69) is 107 Å². The molecule has 0 unspecified atom stereocenters. The normalized spacial score (nSPS) is 11.6. The van der Waals surface area contributed by atoms with Gasteiger partial charge in [-0.3, -0.25) is 0 Å². The monoisotopic (exact) mass is 719 g/mol. The summed E-state index contributed by atoms with van der Waals surface area (Å²) in [7, 11) is 0. The molecule has 0 fully saturated rings. The van der Waals surface area contributed by atoms with E-state index >= 15 is 0 Å². The van der Waals surface area contributed by atoms with Gasteiger partial charge in [0.1, 0.15) is 22.3 Å². The molecule has 51 heavy (non-hydrogen) atoms. The van der Waals surface area contributed by atoms with E-state index in [0.29, 0.717) is 17.5 Å². The molecule has 5 nitrogen and oxygen atoms in total. The largest absolute Gasteiger partial charge is 0.456 e. The van der Waals surface area contributed by atoms with Gasteiger partial charge in [-0.15, -0.1) is 0 Å². The van der Waals surface area contributed by atoms with Crippen molar-refractivity contribution in [2.75, 3.05) is 0 Å². The van der Waals surface area contributed by atoms with Crippen molar-refractivity contribution in [2.24, 2.45) is 0 Å². The van der Waals surface area contributed by atoms with E-state index in [9.17, 15) is 0 Å². The molecule has 0 aliphatic heterocycles. The van der Waals surface area contributed by atoms with Crippen LogP contribution < -0.4 is 0 Å². The molecule has 3 heterocycles. The molecule has 0 N–H and O–H groups in total. The Morgan fingerprint density at radius 2 is 0.882 bits per heavy atom. The predicted molar refractivity (Wildman–Crippen MR) is 209 cm³/mol. The van der Waals surface area contributed by atoms with Crippen LogP contribution in [0.1, 0.15) is 0 Å². The molecule has 0 saturated carbocycles. The molecule has 0 atom stereocenters. The Labute approximate surface area is 301 Å². The molecule has 0 radical (unpaired) electrons. The second-order valence-corrected chi connectivity index (χ2v) is 13.5. The summed E-state index contributed by atoms with van der Waals surface area (Å²) in [6.45, 7) is 0. The highest BCUT2D eigenvalue weighted by Crippen LogP contribution is 2.37. The van der Waals surface area contributed by atoms with Crippen molar-refractivity contribution < 1.29 is 8.83 Å². The third kappa shape index (κ3) is 5.20. The lowest BCUT2D eigenvalue weighted by Crippen LogP contribution is -2.00. The van der Waals surface area contributed by atoms with Crippen LogP contribution in [0, 0.1) is 0 Å². The number of hydrogen-bond acceptors (Lipinski definition) is 5. The van der Waals surface area contributed by atoms with Crippen molar-refractivity contribution in [3.8, 4) is 56.4 Å². The van der Waals surface area contributed by atoms with Crippen LogP contribution in [0.15, 0.2) is 171 Å². The van der Waals surface area contributed by atoms with Crippen LogP contribution >= 0.6 is 15.9 Å². The summed E-state index contributed by atoms with van der Waals surface area (Å²) in [6, 6.07) is 53.8. The fraction of sp³-hybridized carbons (Fsp3) is 0. The number of para-hydroxylation sites is 3. The van der Waals surface area contributed by atoms with Gasteiger partial charge in [0, 0.05) is 37.1 Å². The van der Waals surface area contributed by atoms with Crippen LogP contribution in [0.3, 0.4) is 0 Å². The number of aromatic nitrogens is 3. The van der Waals surface area contributed by atoms with Crippen molar-refractivity contribution in [3.05, 3.63) is 162 Å². The lowest BCUT2D eigenvalue weighted by atomic mass is 9.99. The highest BCUT2D eigenvalue weighted by Gasteiger charge is 2.19. The Morgan fingerprint density at radius 3 is 1.63 bits per heavy atom. The molecule has 3 aromatic heterocycles. The van der Waals surface area contributed by atoms with Gasteiger partial charge in [-0.1, -0.05) is 119 Å². The van der Waals surface area contributed by atoms with Gasteiger partial charge in [0.2, 0.25) is 0 Å². The number of benzene rings is 7. The molecule has 0 amide bonds. The van der Waals surface area contributed by atoms with Crippen LogP contribution in [-0.4, -0.2) is 15.0 Å². The van der Waals surface area contributed by atoms with E-state index in [1.807, 2.05) is 66.7 Å². The number of nitrogens with zero attached hydrogens (tertiary/aromatic N) is 3. The predicted octanol–water partition coefficient (Wildman–Crippen LogP) is 12.8. The molecule has 0 saturated heterocycles. The van der Waals surface area contributed by atoms with Crippen LogP contribution in [0.25, 0.3) is 100 Å². The number of hydrogen-bond donors (Lipinski definition) is 0. The first kappa shape index (κ1) is 29.5. The lowest BCUT2D eigenvalue weighted by Gasteiger charge is -2.10. The molecule has 7 aromatic carbocycles. The second kappa shape index (κ2) is 11.9. The van der Waals surface area contributed by atoms with Crippen LogP contribution in [0.5, 0.6) is 0 Å². The summed E-state index contributed by atoms with van der Waals surface area (Å²) in [4.78, 5) is 15.3. The van der Waals surface area contributed by atoms with Gasteiger partial charge >= 0.3 is 0 Å². The Hall–Kier alpha value is -6.37. The van der Waals surface area contributed by atoms with Crippen LogP contribution in [0.2, 0.25) is 0 Å². The highest BCUT2D eigenvalue weighted by molar-refractivity contribution is 9.10. The van der Waals surface area contributed by atoms with E-state index in [0.717, 1.165) is 87.3 Å². The summed E-state index contributed by atoms with van der Waals surface area (Å²) in [6.07, 6.45) is 0. The number of furan rings is 2. The minimum atomic E-state index is 0.542. The van der Waals surface area contributed by atoms with E-state index < -0.39 is 0 Å². The Kier molecular flexibility index (Phi) is 6.89.